The smallest absolute Gasteiger partial charge is 0.333 e. The summed E-state index contributed by atoms with van der Waals surface area (Å²) < 4.78 is 1.74. The number of nitro groups is 1. The van der Waals surface area contributed by atoms with Crippen molar-refractivity contribution in [3.63, 3.8) is 0 Å². The zero-order valence-electron chi connectivity index (χ0n) is 12.4. The molecule has 1 aromatic rings. The number of thioether (sulfide) groups is 1. The van der Waals surface area contributed by atoms with Gasteiger partial charge in [0, 0.05) is 17.3 Å². The highest BCUT2D eigenvalue weighted by Gasteiger charge is 2.32. The van der Waals surface area contributed by atoms with Gasteiger partial charge in [0.15, 0.2) is 0 Å². The van der Waals surface area contributed by atoms with Gasteiger partial charge in [-0.15, -0.1) is 0 Å². The molecule has 1 fully saturated rings. The van der Waals surface area contributed by atoms with Crippen LogP contribution in [0.2, 0.25) is 0 Å². The second-order valence-electron chi connectivity index (χ2n) is 5.53. The molecule has 1 N–H and O–H groups in total. The Morgan fingerprint density at radius 3 is 2.75 bits per heavy atom. The van der Waals surface area contributed by atoms with Crippen LogP contribution in [-0.4, -0.2) is 32.3 Å². The molecule has 2 rings (SSSR count). The van der Waals surface area contributed by atoms with Gasteiger partial charge in [-0.2, -0.15) is 16.9 Å². The average molecular weight is 298 g/mol. The Morgan fingerprint density at radius 2 is 2.20 bits per heavy atom. The van der Waals surface area contributed by atoms with Crippen molar-refractivity contribution in [3.05, 3.63) is 15.8 Å². The van der Waals surface area contributed by atoms with Crippen molar-refractivity contribution in [2.24, 2.45) is 0 Å². The molecule has 20 heavy (non-hydrogen) atoms. The predicted molar refractivity (Wildman–Crippen MR) is 82.6 cm³/mol. The van der Waals surface area contributed by atoms with Gasteiger partial charge in [0.05, 0.1) is 4.92 Å². The fraction of sp³-hybridized carbons (Fsp3) is 0.769. The maximum atomic E-state index is 11.3. The molecule has 2 unspecified atom stereocenters. The first-order valence-corrected chi connectivity index (χ1v) is 8.27. The van der Waals surface area contributed by atoms with Gasteiger partial charge in [0.2, 0.25) is 5.82 Å². The molecular weight excluding hydrogens is 276 g/mol. The Labute approximate surface area is 123 Å². The van der Waals surface area contributed by atoms with E-state index in [2.05, 4.69) is 16.7 Å². The van der Waals surface area contributed by atoms with Crippen molar-refractivity contribution in [2.75, 3.05) is 11.6 Å². The maximum Gasteiger partial charge on any atom is 0.333 e. The minimum atomic E-state index is -0.327. The van der Waals surface area contributed by atoms with Crippen LogP contribution in [0.25, 0.3) is 0 Å². The van der Waals surface area contributed by atoms with Crippen molar-refractivity contribution in [2.45, 2.75) is 57.4 Å². The lowest BCUT2D eigenvalue weighted by Gasteiger charge is -2.21. The highest BCUT2D eigenvalue weighted by Crippen LogP contribution is 2.36. The summed E-state index contributed by atoms with van der Waals surface area (Å²) in [6.45, 7) is 5.67. The van der Waals surface area contributed by atoms with Crippen molar-refractivity contribution < 1.29 is 4.92 Å². The van der Waals surface area contributed by atoms with Crippen molar-refractivity contribution >= 4 is 23.3 Å². The number of hydrogen-bond donors (Lipinski definition) is 1. The molecule has 0 saturated heterocycles. The van der Waals surface area contributed by atoms with Crippen LogP contribution in [0.4, 0.5) is 11.5 Å². The van der Waals surface area contributed by atoms with Crippen molar-refractivity contribution in [1.29, 1.82) is 0 Å². The van der Waals surface area contributed by atoms with E-state index in [4.69, 9.17) is 0 Å². The van der Waals surface area contributed by atoms with Crippen LogP contribution in [0, 0.1) is 17.0 Å². The molecule has 2 atom stereocenters. The Kier molecular flexibility index (Phi) is 4.57. The van der Waals surface area contributed by atoms with Gasteiger partial charge in [0.25, 0.3) is 0 Å². The highest BCUT2D eigenvalue weighted by atomic mass is 32.2. The molecule has 0 aromatic carbocycles. The second-order valence-corrected chi connectivity index (χ2v) is 6.61. The molecule has 112 valence electrons. The summed E-state index contributed by atoms with van der Waals surface area (Å²) in [6, 6.07) is 0.385. The minimum Gasteiger partial charge on any atom is -0.361 e. The summed E-state index contributed by atoms with van der Waals surface area (Å²) in [5.41, 5.74) is 0.593. The van der Waals surface area contributed by atoms with Gasteiger partial charge in [-0.05, 0) is 39.9 Å². The molecule has 1 aromatic heterocycles. The standard InChI is InChI=1S/C13H22N4O2S/c1-8(2)16-13(12(17(18)19)9(3)15-16)14-10-6-5-7-11(10)20-4/h8,10-11,14H,5-7H2,1-4H3. The lowest BCUT2D eigenvalue weighted by molar-refractivity contribution is -0.384. The van der Waals surface area contributed by atoms with E-state index in [1.165, 1.54) is 12.8 Å². The number of anilines is 1. The van der Waals surface area contributed by atoms with Gasteiger partial charge < -0.3 is 5.32 Å². The van der Waals surface area contributed by atoms with Gasteiger partial charge in [0.1, 0.15) is 5.69 Å². The van der Waals surface area contributed by atoms with Crippen LogP contribution in [0.3, 0.4) is 0 Å². The zero-order chi connectivity index (χ0) is 14.9. The third kappa shape index (κ3) is 2.77. The van der Waals surface area contributed by atoms with E-state index in [9.17, 15) is 10.1 Å². The van der Waals surface area contributed by atoms with Crippen LogP contribution in [-0.2, 0) is 0 Å². The minimum absolute atomic E-state index is 0.0963. The van der Waals surface area contributed by atoms with Crippen molar-refractivity contribution in [1.82, 2.24) is 9.78 Å². The largest absolute Gasteiger partial charge is 0.361 e. The molecule has 6 nitrogen and oxygen atoms in total. The van der Waals surface area contributed by atoms with E-state index >= 15 is 0 Å². The molecule has 1 heterocycles. The summed E-state index contributed by atoms with van der Waals surface area (Å²) in [7, 11) is 0. The van der Waals surface area contributed by atoms with Crippen LogP contribution >= 0.6 is 11.8 Å². The first kappa shape index (κ1) is 15.2. The quantitative estimate of drug-likeness (QED) is 0.666. The predicted octanol–water partition coefficient (Wildman–Crippen LogP) is 3.38. The van der Waals surface area contributed by atoms with E-state index in [1.807, 2.05) is 25.6 Å². The first-order chi connectivity index (χ1) is 9.45. The molecule has 0 aliphatic heterocycles. The highest BCUT2D eigenvalue weighted by molar-refractivity contribution is 7.99. The SMILES string of the molecule is CSC1CCCC1Nc1c([N+](=O)[O-])c(C)nn1C(C)C. The Hall–Kier alpha value is -1.24. The summed E-state index contributed by atoms with van der Waals surface area (Å²) in [5, 5.41) is 19.6. The summed E-state index contributed by atoms with van der Waals surface area (Å²) >= 11 is 1.83. The molecule has 1 aliphatic rings. The lowest BCUT2D eigenvalue weighted by atomic mass is 10.2. The van der Waals surface area contributed by atoms with Gasteiger partial charge in [-0.1, -0.05) is 6.42 Å². The molecule has 1 saturated carbocycles. The van der Waals surface area contributed by atoms with Gasteiger partial charge in [-0.3, -0.25) is 10.1 Å². The molecule has 0 spiro atoms. The number of nitrogens with zero attached hydrogens (tertiary/aromatic N) is 3. The van der Waals surface area contributed by atoms with Gasteiger partial charge >= 0.3 is 5.69 Å². The molecule has 7 heteroatoms. The van der Waals surface area contributed by atoms with E-state index in [1.54, 1.807) is 11.6 Å². The summed E-state index contributed by atoms with van der Waals surface area (Å²) in [4.78, 5) is 11.0. The number of hydrogen-bond acceptors (Lipinski definition) is 5. The Balaban J connectivity index is 2.35. The van der Waals surface area contributed by atoms with Crippen LogP contribution in [0.1, 0.15) is 44.8 Å². The fourth-order valence-corrected chi connectivity index (χ4v) is 3.75. The third-order valence-electron chi connectivity index (χ3n) is 3.80. The third-order valence-corrected chi connectivity index (χ3v) is 4.97. The number of nitrogens with one attached hydrogen (secondary N) is 1. The summed E-state index contributed by atoms with van der Waals surface area (Å²) in [5.74, 6) is 0.563. The zero-order valence-corrected chi connectivity index (χ0v) is 13.2. The molecular formula is C13H22N4O2S. The van der Waals surface area contributed by atoms with Crippen LogP contribution < -0.4 is 5.32 Å². The lowest BCUT2D eigenvalue weighted by Crippen LogP contribution is -2.28. The molecule has 0 bridgehead atoms. The van der Waals surface area contributed by atoms with E-state index in [-0.39, 0.29) is 22.7 Å². The topological polar surface area (TPSA) is 73.0 Å². The normalized spacial score (nSPS) is 22.4. The van der Waals surface area contributed by atoms with Crippen molar-refractivity contribution in [3.8, 4) is 0 Å². The number of aryl methyl sites for hydroxylation is 1. The Bertz CT molecular complexity index is 501. The maximum absolute atomic E-state index is 11.3. The number of rotatable bonds is 5. The molecule has 0 amide bonds. The van der Waals surface area contributed by atoms with E-state index < -0.39 is 0 Å². The fourth-order valence-electron chi connectivity index (χ4n) is 2.81. The average Bonchev–Trinajstić information content (AvgIpc) is 2.94. The monoisotopic (exact) mass is 298 g/mol. The van der Waals surface area contributed by atoms with Gasteiger partial charge in [-0.25, -0.2) is 4.68 Å². The van der Waals surface area contributed by atoms with Crippen LogP contribution in [0.15, 0.2) is 0 Å². The first-order valence-electron chi connectivity index (χ1n) is 6.98. The summed E-state index contributed by atoms with van der Waals surface area (Å²) in [6.07, 6.45) is 5.50. The molecule has 0 radical (unpaired) electrons. The van der Waals surface area contributed by atoms with Crippen LogP contribution in [0.5, 0.6) is 0 Å². The Morgan fingerprint density at radius 1 is 1.50 bits per heavy atom. The number of aromatic nitrogens is 2. The molecule has 1 aliphatic carbocycles. The second kappa shape index (κ2) is 6.03. The van der Waals surface area contributed by atoms with E-state index in [0.29, 0.717) is 16.8 Å². The van der Waals surface area contributed by atoms with E-state index in [0.717, 1.165) is 6.42 Å².